The van der Waals surface area contributed by atoms with E-state index in [1.807, 2.05) is 6.92 Å². The highest BCUT2D eigenvalue weighted by Crippen LogP contribution is 2.14. The van der Waals surface area contributed by atoms with E-state index in [2.05, 4.69) is 32.2 Å². The molecule has 0 bridgehead atoms. The smallest absolute Gasteiger partial charge is 0.104 e. The molecule has 0 radical (unpaired) electrons. The van der Waals surface area contributed by atoms with Crippen molar-refractivity contribution in [2.45, 2.75) is 84.2 Å². The lowest BCUT2D eigenvalue weighted by Gasteiger charge is -2.25. The maximum atomic E-state index is 9.21. The molecule has 0 aromatic heterocycles. The van der Waals surface area contributed by atoms with Crippen LogP contribution in [0.15, 0.2) is 0 Å². The van der Waals surface area contributed by atoms with Gasteiger partial charge in [-0.2, -0.15) is 5.26 Å². The second-order valence-corrected chi connectivity index (χ2v) is 5.87. The number of nitriles is 1. The predicted molar refractivity (Wildman–Crippen MR) is 81.1 cm³/mol. The normalized spacial score (nSPS) is 14.3. The van der Waals surface area contributed by atoms with Gasteiger partial charge in [0.05, 0.1) is 6.07 Å². The van der Waals surface area contributed by atoms with Crippen LogP contribution in [0.3, 0.4) is 0 Å². The third-order valence-corrected chi connectivity index (χ3v) is 3.21. The van der Waals surface area contributed by atoms with Crippen molar-refractivity contribution in [1.29, 1.82) is 5.26 Å². The number of nitrogens with one attached hydrogen (secondary N) is 1. The van der Waals surface area contributed by atoms with Gasteiger partial charge in [-0.15, -0.1) is 0 Å². The highest BCUT2D eigenvalue weighted by molar-refractivity contribution is 5.04. The first-order valence-corrected chi connectivity index (χ1v) is 7.80. The number of nitrogens with zero attached hydrogens (tertiary/aromatic N) is 1. The van der Waals surface area contributed by atoms with Gasteiger partial charge < -0.3 is 4.74 Å². The van der Waals surface area contributed by atoms with Crippen LogP contribution in [-0.4, -0.2) is 24.8 Å². The van der Waals surface area contributed by atoms with E-state index in [1.54, 1.807) is 0 Å². The van der Waals surface area contributed by atoms with Crippen LogP contribution in [0.2, 0.25) is 0 Å². The summed E-state index contributed by atoms with van der Waals surface area (Å²) in [4.78, 5) is 0. The molecule has 19 heavy (non-hydrogen) atoms. The number of hydrogen-bond donors (Lipinski definition) is 1. The van der Waals surface area contributed by atoms with Gasteiger partial charge in [0.1, 0.15) is 5.54 Å². The standard InChI is InChI=1S/C16H32N2O/c1-5-6-7-9-12-19-13-10-8-11-16(4,14-17)18-15(2)3/h15,18H,5-13H2,1-4H3. The van der Waals surface area contributed by atoms with E-state index in [4.69, 9.17) is 4.74 Å². The molecule has 0 fully saturated rings. The van der Waals surface area contributed by atoms with Gasteiger partial charge in [-0.25, -0.2) is 0 Å². The molecule has 1 unspecified atom stereocenters. The van der Waals surface area contributed by atoms with E-state index in [1.165, 1.54) is 25.7 Å². The van der Waals surface area contributed by atoms with E-state index in [-0.39, 0.29) is 0 Å². The highest BCUT2D eigenvalue weighted by atomic mass is 16.5. The van der Waals surface area contributed by atoms with Gasteiger partial charge in [-0.05, 0) is 46.5 Å². The Morgan fingerprint density at radius 2 is 1.74 bits per heavy atom. The summed E-state index contributed by atoms with van der Waals surface area (Å²) in [5.41, 5.74) is -0.394. The Bertz CT molecular complexity index is 248. The summed E-state index contributed by atoms with van der Waals surface area (Å²) < 4.78 is 5.61. The topological polar surface area (TPSA) is 45.0 Å². The highest BCUT2D eigenvalue weighted by Gasteiger charge is 2.23. The fourth-order valence-corrected chi connectivity index (χ4v) is 2.21. The van der Waals surface area contributed by atoms with Crippen LogP contribution >= 0.6 is 0 Å². The maximum Gasteiger partial charge on any atom is 0.104 e. The zero-order valence-electron chi connectivity index (χ0n) is 13.3. The van der Waals surface area contributed by atoms with Crippen molar-refractivity contribution in [3.63, 3.8) is 0 Å². The van der Waals surface area contributed by atoms with Crippen molar-refractivity contribution in [1.82, 2.24) is 5.32 Å². The first-order chi connectivity index (χ1) is 9.04. The van der Waals surface area contributed by atoms with Crippen LogP contribution in [0, 0.1) is 11.3 Å². The predicted octanol–water partition coefficient (Wildman–Crippen LogP) is 4.03. The van der Waals surface area contributed by atoms with Gasteiger partial charge in [-0.3, -0.25) is 5.32 Å². The van der Waals surface area contributed by atoms with E-state index in [0.717, 1.165) is 32.5 Å². The summed E-state index contributed by atoms with van der Waals surface area (Å²) in [6.07, 6.45) is 8.02. The zero-order valence-corrected chi connectivity index (χ0v) is 13.3. The van der Waals surface area contributed by atoms with Crippen LogP contribution in [0.4, 0.5) is 0 Å². The van der Waals surface area contributed by atoms with E-state index >= 15 is 0 Å². The summed E-state index contributed by atoms with van der Waals surface area (Å²) in [6, 6.07) is 2.73. The first-order valence-electron chi connectivity index (χ1n) is 7.80. The van der Waals surface area contributed by atoms with Crippen LogP contribution in [0.1, 0.15) is 72.6 Å². The molecule has 1 N–H and O–H groups in total. The lowest BCUT2D eigenvalue weighted by Crippen LogP contribution is -2.44. The molecule has 3 heteroatoms. The second-order valence-electron chi connectivity index (χ2n) is 5.87. The van der Waals surface area contributed by atoms with Crippen molar-refractivity contribution in [3.8, 4) is 6.07 Å². The molecule has 1 atom stereocenters. The van der Waals surface area contributed by atoms with Crippen molar-refractivity contribution in [3.05, 3.63) is 0 Å². The molecule has 112 valence electrons. The lowest BCUT2D eigenvalue weighted by molar-refractivity contribution is 0.124. The minimum absolute atomic E-state index is 0.347. The van der Waals surface area contributed by atoms with Crippen LogP contribution in [0.5, 0.6) is 0 Å². The third kappa shape index (κ3) is 11.0. The fraction of sp³-hybridized carbons (Fsp3) is 0.938. The maximum absolute atomic E-state index is 9.21. The van der Waals surface area contributed by atoms with E-state index in [0.29, 0.717) is 6.04 Å². The fourth-order valence-electron chi connectivity index (χ4n) is 2.21. The molecule has 0 saturated carbocycles. The van der Waals surface area contributed by atoms with Gasteiger partial charge in [0.25, 0.3) is 0 Å². The first kappa shape index (κ1) is 18.4. The molecule has 0 aromatic rings. The minimum Gasteiger partial charge on any atom is -0.381 e. The number of hydrogen-bond acceptors (Lipinski definition) is 3. The van der Waals surface area contributed by atoms with Crippen molar-refractivity contribution in [2.75, 3.05) is 13.2 Å². The Hall–Kier alpha value is -0.590. The van der Waals surface area contributed by atoms with Gasteiger partial charge in [0.15, 0.2) is 0 Å². The van der Waals surface area contributed by atoms with Gasteiger partial charge in [-0.1, -0.05) is 26.2 Å². The van der Waals surface area contributed by atoms with Gasteiger partial charge in [0, 0.05) is 19.3 Å². The SMILES string of the molecule is CCCCCCOCCCCC(C)(C#N)NC(C)C. The Balaban J connectivity index is 3.49. The van der Waals surface area contributed by atoms with Crippen LogP contribution in [-0.2, 0) is 4.74 Å². The van der Waals surface area contributed by atoms with Crippen molar-refractivity contribution < 1.29 is 4.74 Å². The van der Waals surface area contributed by atoms with Crippen molar-refractivity contribution in [2.24, 2.45) is 0 Å². The molecule has 0 rings (SSSR count). The zero-order chi connectivity index (χ0) is 14.6. The molecular weight excluding hydrogens is 236 g/mol. The number of unbranched alkanes of at least 4 members (excludes halogenated alkanes) is 4. The van der Waals surface area contributed by atoms with E-state index in [9.17, 15) is 5.26 Å². The average molecular weight is 268 g/mol. The van der Waals surface area contributed by atoms with Gasteiger partial charge >= 0.3 is 0 Å². The molecule has 0 aliphatic carbocycles. The van der Waals surface area contributed by atoms with E-state index < -0.39 is 5.54 Å². The molecular formula is C16H32N2O. The third-order valence-electron chi connectivity index (χ3n) is 3.21. The molecule has 0 amide bonds. The molecule has 0 spiro atoms. The number of rotatable bonds is 12. The quantitative estimate of drug-likeness (QED) is 0.543. The molecule has 0 saturated heterocycles. The summed E-state index contributed by atoms with van der Waals surface area (Å²) in [7, 11) is 0. The molecule has 0 heterocycles. The monoisotopic (exact) mass is 268 g/mol. The molecule has 0 aliphatic heterocycles. The Kier molecular flexibility index (Phi) is 10.9. The van der Waals surface area contributed by atoms with Crippen molar-refractivity contribution >= 4 is 0 Å². The lowest BCUT2D eigenvalue weighted by atomic mass is 9.96. The van der Waals surface area contributed by atoms with Crippen LogP contribution in [0.25, 0.3) is 0 Å². The van der Waals surface area contributed by atoms with Gasteiger partial charge in [0.2, 0.25) is 0 Å². The largest absolute Gasteiger partial charge is 0.381 e. The minimum atomic E-state index is -0.394. The molecule has 3 nitrogen and oxygen atoms in total. The summed E-state index contributed by atoms with van der Waals surface area (Å²) in [6.45, 7) is 10.1. The second kappa shape index (κ2) is 11.3. The van der Waals surface area contributed by atoms with Crippen LogP contribution < -0.4 is 5.32 Å². The summed E-state index contributed by atoms with van der Waals surface area (Å²) >= 11 is 0. The summed E-state index contributed by atoms with van der Waals surface area (Å²) in [5.74, 6) is 0. The Labute approximate surface area is 119 Å². The number of ether oxygens (including phenoxy) is 1. The molecule has 0 aromatic carbocycles. The Morgan fingerprint density at radius 3 is 2.26 bits per heavy atom. The summed E-state index contributed by atoms with van der Waals surface area (Å²) in [5, 5.41) is 12.5. The Morgan fingerprint density at radius 1 is 1.11 bits per heavy atom. The average Bonchev–Trinajstić information content (AvgIpc) is 2.36. The molecule has 0 aliphatic rings.